The molecule has 4 heteroatoms. The number of benzene rings is 1. The van der Waals surface area contributed by atoms with Gasteiger partial charge in [-0.2, -0.15) is 5.26 Å². The number of rotatable bonds is 3. The first-order valence-electron chi connectivity index (χ1n) is 6.68. The molecule has 1 aliphatic heterocycles. The maximum Gasteiger partial charge on any atom is 0.244 e. The van der Waals surface area contributed by atoms with E-state index in [1.54, 1.807) is 0 Å². The standard InChI is InChI=1S/C15H19N3O/c1-3-12-4-6-13(7-5-12)18-10-11(2)17-15(19)14(18)8-9-16/h4-7,11,14H,3,8,10H2,1-2H3,(H,17,19). The summed E-state index contributed by atoms with van der Waals surface area (Å²) in [5.41, 5.74) is 2.29. The summed E-state index contributed by atoms with van der Waals surface area (Å²) in [6, 6.07) is 10.1. The quantitative estimate of drug-likeness (QED) is 0.899. The van der Waals surface area contributed by atoms with Crippen LogP contribution < -0.4 is 10.2 Å². The molecule has 1 amide bonds. The van der Waals surface area contributed by atoms with Gasteiger partial charge in [0.05, 0.1) is 12.5 Å². The van der Waals surface area contributed by atoms with Crippen LogP contribution in [0.15, 0.2) is 24.3 Å². The van der Waals surface area contributed by atoms with Gasteiger partial charge in [-0.25, -0.2) is 0 Å². The van der Waals surface area contributed by atoms with Crippen molar-refractivity contribution >= 4 is 11.6 Å². The summed E-state index contributed by atoms with van der Waals surface area (Å²) >= 11 is 0. The summed E-state index contributed by atoms with van der Waals surface area (Å²) in [5, 5.41) is 11.8. The molecule has 1 aliphatic rings. The van der Waals surface area contributed by atoms with E-state index in [4.69, 9.17) is 5.26 Å². The maximum atomic E-state index is 12.0. The van der Waals surface area contributed by atoms with Gasteiger partial charge in [-0.15, -0.1) is 0 Å². The van der Waals surface area contributed by atoms with Crippen LogP contribution in [0.5, 0.6) is 0 Å². The summed E-state index contributed by atoms with van der Waals surface area (Å²) in [6.45, 7) is 4.83. The minimum absolute atomic E-state index is 0.0557. The van der Waals surface area contributed by atoms with E-state index in [-0.39, 0.29) is 24.4 Å². The Morgan fingerprint density at radius 1 is 1.42 bits per heavy atom. The van der Waals surface area contributed by atoms with E-state index in [1.165, 1.54) is 5.56 Å². The van der Waals surface area contributed by atoms with Crippen molar-refractivity contribution < 1.29 is 4.79 Å². The molecule has 0 saturated carbocycles. The molecule has 2 rings (SSSR count). The molecule has 100 valence electrons. The molecular weight excluding hydrogens is 238 g/mol. The Morgan fingerprint density at radius 2 is 2.11 bits per heavy atom. The fraction of sp³-hybridized carbons (Fsp3) is 0.467. The predicted octanol–water partition coefficient (Wildman–Crippen LogP) is 1.86. The molecule has 0 bridgehead atoms. The number of nitrogens with one attached hydrogen (secondary N) is 1. The second kappa shape index (κ2) is 5.75. The Hall–Kier alpha value is -2.02. The molecule has 1 aromatic rings. The SMILES string of the molecule is CCc1ccc(N2CC(C)NC(=O)C2CC#N)cc1. The second-order valence-corrected chi connectivity index (χ2v) is 4.96. The van der Waals surface area contributed by atoms with Crippen LogP contribution in [0.4, 0.5) is 5.69 Å². The Bertz CT molecular complexity index is 489. The number of carbonyl (C=O) groups is 1. The van der Waals surface area contributed by atoms with Crippen LogP contribution in [0.2, 0.25) is 0 Å². The predicted molar refractivity (Wildman–Crippen MR) is 74.8 cm³/mol. The lowest BCUT2D eigenvalue weighted by Crippen LogP contribution is -2.59. The zero-order chi connectivity index (χ0) is 13.8. The summed E-state index contributed by atoms with van der Waals surface area (Å²) in [4.78, 5) is 14.0. The molecule has 0 aromatic heterocycles. The highest BCUT2D eigenvalue weighted by Gasteiger charge is 2.32. The minimum atomic E-state index is -0.381. The van der Waals surface area contributed by atoms with Crippen LogP contribution in [-0.2, 0) is 11.2 Å². The summed E-state index contributed by atoms with van der Waals surface area (Å²) in [7, 11) is 0. The molecule has 19 heavy (non-hydrogen) atoms. The number of hydrogen-bond donors (Lipinski definition) is 1. The number of amides is 1. The van der Waals surface area contributed by atoms with Gasteiger partial charge in [0.25, 0.3) is 0 Å². The zero-order valence-corrected chi connectivity index (χ0v) is 11.4. The van der Waals surface area contributed by atoms with Crippen LogP contribution in [0.1, 0.15) is 25.8 Å². The smallest absolute Gasteiger partial charge is 0.244 e. The first kappa shape index (κ1) is 13.4. The van der Waals surface area contributed by atoms with Gasteiger partial charge < -0.3 is 10.2 Å². The van der Waals surface area contributed by atoms with Gasteiger partial charge in [-0.1, -0.05) is 19.1 Å². The number of nitrogens with zero attached hydrogens (tertiary/aromatic N) is 2. The lowest BCUT2D eigenvalue weighted by Gasteiger charge is -2.39. The van der Waals surface area contributed by atoms with Crippen molar-refractivity contribution in [1.82, 2.24) is 5.32 Å². The fourth-order valence-corrected chi connectivity index (χ4v) is 2.45. The summed E-state index contributed by atoms with van der Waals surface area (Å²) in [5.74, 6) is -0.0557. The lowest BCUT2D eigenvalue weighted by molar-refractivity contribution is -0.124. The Labute approximate surface area is 114 Å². The average molecular weight is 257 g/mol. The fourth-order valence-electron chi connectivity index (χ4n) is 2.45. The van der Waals surface area contributed by atoms with Crippen molar-refractivity contribution in [1.29, 1.82) is 5.26 Å². The molecule has 0 aliphatic carbocycles. The Morgan fingerprint density at radius 3 is 2.68 bits per heavy atom. The first-order valence-corrected chi connectivity index (χ1v) is 6.68. The molecule has 0 radical (unpaired) electrons. The third-order valence-corrected chi connectivity index (χ3v) is 3.50. The van der Waals surface area contributed by atoms with E-state index in [0.717, 1.165) is 18.7 Å². The number of nitriles is 1. The van der Waals surface area contributed by atoms with Crippen molar-refractivity contribution in [2.24, 2.45) is 0 Å². The van der Waals surface area contributed by atoms with E-state index in [9.17, 15) is 4.79 Å². The largest absolute Gasteiger partial charge is 0.357 e. The zero-order valence-electron chi connectivity index (χ0n) is 11.4. The monoisotopic (exact) mass is 257 g/mol. The van der Waals surface area contributed by atoms with Crippen LogP contribution in [0.3, 0.4) is 0 Å². The normalized spacial score (nSPS) is 22.8. The molecule has 4 nitrogen and oxygen atoms in total. The molecule has 1 aromatic carbocycles. The first-order chi connectivity index (χ1) is 9.15. The maximum absolute atomic E-state index is 12.0. The number of carbonyl (C=O) groups excluding carboxylic acids is 1. The number of piperazine rings is 1. The molecule has 2 unspecified atom stereocenters. The number of aryl methyl sites for hydroxylation is 1. The third-order valence-electron chi connectivity index (χ3n) is 3.50. The van der Waals surface area contributed by atoms with Crippen LogP contribution >= 0.6 is 0 Å². The van der Waals surface area contributed by atoms with Gasteiger partial charge in [-0.3, -0.25) is 4.79 Å². The van der Waals surface area contributed by atoms with Gasteiger partial charge in [0.15, 0.2) is 0 Å². The Balaban J connectivity index is 2.27. The molecule has 0 spiro atoms. The molecule has 1 N–H and O–H groups in total. The van der Waals surface area contributed by atoms with Crippen molar-refractivity contribution in [3.05, 3.63) is 29.8 Å². The van der Waals surface area contributed by atoms with Gasteiger partial charge in [-0.05, 0) is 31.0 Å². The Kier molecular flexibility index (Phi) is 4.06. The molecule has 1 heterocycles. The topological polar surface area (TPSA) is 56.1 Å². The van der Waals surface area contributed by atoms with Gasteiger partial charge in [0, 0.05) is 18.3 Å². The van der Waals surface area contributed by atoms with Crippen molar-refractivity contribution in [3.8, 4) is 6.07 Å². The molecule has 2 atom stereocenters. The van der Waals surface area contributed by atoms with Crippen LogP contribution in [-0.4, -0.2) is 24.5 Å². The van der Waals surface area contributed by atoms with Crippen molar-refractivity contribution in [3.63, 3.8) is 0 Å². The average Bonchev–Trinajstić information content (AvgIpc) is 2.42. The highest BCUT2D eigenvalue weighted by atomic mass is 16.2. The van der Waals surface area contributed by atoms with Gasteiger partial charge in [0.1, 0.15) is 6.04 Å². The molecular formula is C15H19N3O. The number of anilines is 1. The van der Waals surface area contributed by atoms with Crippen molar-refractivity contribution in [2.45, 2.75) is 38.8 Å². The van der Waals surface area contributed by atoms with E-state index in [2.05, 4.69) is 30.4 Å². The van der Waals surface area contributed by atoms with E-state index >= 15 is 0 Å². The third kappa shape index (κ3) is 2.87. The second-order valence-electron chi connectivity index (χ2n) is 4.96. The van der Waals surface area contributed by atoms with Crippen LogP contribution in [0.25, 0.3) is 0 Å². The highest BCUT2D eigenvalue weighted by Crippen LogP contribution is 2.22. The van der Waals surface area contributed by atoms with Gasteiger partial charge in [0.2, 0.25) is 5.91 Å². The van der Waals surface area contributed by atoms with Crippen molar-refractivity contribution in [2.75, 3.05) is 11.4 Å². The summed E-state index contributed by atoms with van der Waals surface area (Å²) in [6.07, 6.45) is 1.22. The molecule has 1 saturated heterocycles. The minimum Gasteiger partial charge on any atom is -0.357 e. The van der Waals surface area contributed by atoms with E-state index < -0.39 is 0 Å². The van der Waals surface area contributed by atoms with E-state index in [0.29, 0.717) is 0 Å². The number of hydrogen-bond acceptors (Lipinski definition) is 3. The highest BCUT2D eigenvalue weighted by molar-refractivity contribution is 5.87. The van der Waals surface area contributed by atoms with E-state index in [1.807, 2.05) is 24.0 Å². The van der Waals surface area contributed by atoms with Gasteiger partial charge >= 0.3 is 0 Å². The summed E-state index contributed by atoms with van der Waals surface area (Å²) < 4.78 is 0. The molecule has 1 fully saturated rings. The van der Waals surface area contributed by atoms with Crippen LogP contribution in [0, 0.1) is 11.3 Å². The lowest BCUT2D eigenvalue weighted by atomic mass is 10.0.